The molecule has 0 aliphatic rings. The van der Waals surface area contributed by atoms with Crippen molar-refractivity contribution in [3.05, 3.63) is 11.6 Å². The Hall–Kier alpha value is -1.23. The summed E-state index contributed by atoms with van der Waals surface area (Å²) in [5.74, 6) is 1.55. The van der Waals surface area contributed by atoms with Gasteiger partial charge in [-0.1, -0.05) is 20.8 Å². The molecule has 5 heteroatoms. The van der Waals surface area contributed by atoms with Gasteiger partial charge in [-0.25, -0.2) is 4.98 Å². The predicted molar refractivity (Wildman–Crippen MR) is 58.3 cm³/mol. The number of rotatable bonds is 3. The summed E-state index contributed by atoms with van der Waals surface area (Å²) in [6, 6.07) is 0. The maximum absolute atomic E-state index is 5.61. The molecule has 0 atom stereocenters. The highest BCUT2D eigenvalue weighted by molar-refractivity contribution is 5.18. The monoisotopic (exact) mass is 210 g/mol. The molecule has 0 spiro atoms. The fourth-order valence-electron chi connectivity index (χ4n) is 1.03. The second-order valence-electron chi connectivity index (χ2n) is 4.32. The van der Waals surface area contributed by atoms with Gasteiger partial charge in [-0.15, -0.1) is 0 Å². The molecule has 0 radical (unpaired) electrons. The SMILES string of the molecule is CCOCc1nc(N)nc(C(C)(C)C)n1. The Morgan fingerprint density at radius 2 is 1.87 bits per heavy atom. The Morgan fingerprint density at radius 3 is 2.40 bits per heavy atom. The third-order valence-electron chi connectivity index (χ3n) is 1.81. The van der Waals surface area contributed by atoms with E-state index in [2.05, 4.69) is 15.0 Å². The second-order valence-corrected chi connectivity index (χ2v) is 4.32. The van der Waals surface area contributed by atoms with Crippen LogP contribution in [-0.2, 0) is 16.8 Å². The van der Waals surface area contributed by atoms with Gasteiger partial charge in [0.25, 0.3) is 0 Å². The number of nitrogens with two attached hydrogens (primary N) is 1. The van der Waals surface area contributed by atoms with E-state index < -0.39 is 0 Å². The summed E-state index contributed by atoms with van der Waals surface area (Å²) in [7, 11) is 0. The van der Waals surface area contributed by atoms with E-state index in [0.717, 1.165) is 0 Å². The molecule has 1 heterocycles. The van der Waals surface area contributed by atoms with Gasteiger partial charge in [0.1, 0.15) is 12.4 Å². The number of ether oxygens (including phenoxy) is 1. The Balaban J connectivity index is 2.95. The maximum atomic E-state index is 5.61. The van der Waals surface area contributed by atoms with Gasteiger partial charge in [0.2, 0.25) is 5.95 Å². The van der Waals surface area contributed by atoms with Crippen molar-refractivity contribution in [1.29, 1.82) is 0 Å². The number of anilines is 1. The molecule has 5 nitrogen and oxygen atoms in total. The molecular formula is C10H18N4O. The van der Waals surface area contributed by atoms with Gasteiger partial charge in [0, 0.05) is 12.0 Å². The number of nitrogens with zero attached hydrogens (tertiary/aromatic N) is 3. The summed E-state index contributed by atoms with van der Waals surface area (Å²) < 4.78 is 5.23. The lowest BCUT2D eigenvalue weighted by atomic mass is 9.96. The van der Waals surface area contributed by atoms with Crippen molar-refractivity contribution in [3.63, 3.8) is 0 Å². The molecule has 0 aliphatic heterocycles. The minimum atomic E-state index is -0.127. The van der Waals surface area contributed by atoms with Gasteiger partial charge in [-0.3, -0.25) is 0 Å². The standard InChI is InChI=1S/C10H18N4O/c1-5-15-6-7-12-8(10(2,3)4)14-9(11)13-7/h5-6H2,1-4H3,(H2,11,12,13,14). The van der Waals surface area contributed by atoms with Crippen LogP contribution in [0.5, 0.6) is 0 Å². The van der Waals surface area contributed by atoms with E-state index in [4.69, 9.17) is 10.5 Å². The average molecular weight is 210 g/mol. The lowest BCUT2D eigenvalue weighted by Gasteiger charge is -2.17. The quantitative estimate of drug-likeness (QED) is 0.813. The van der Waals surface area contributed by atoms with Crippen LogP contribution in [0.25, 0.3) is 0 Å². The summed E-state index contributed by atoms with van der Waals surface area (Å²) in [5.41, 5.74) is 5.48. The van der Waals surface area contributed by atoms with Gasteiger partial charge in [0.15, 0.2) is 5.82 Å². The van der Waals surface area contributed by atoms with Crippen LogP contribution in [0.2, 0.25) is 0 Å². The van der Waals surface area contributed by atoms with Gasteiger partial charge in [0.05, 0.1) is 0 Å². The number of aromatic nitrogens is 3. The number of hydrogen-bond acceptors (Lipinski definition) is 5. The first-order valence-electron chi connectivity index (χ1n) is 5.02. The minimum absolute atomic E-state index is 0.127. The molecule has 1 aromatic rings. The van der Waals surface area contributed by atoms with Crippen LogP contribution in [0.3, 0.4) is 0 Å². The predicted octanol–water partition coefficient (Wildman–Crippen LogP) is 1.29. The molecule has 0 fully saturated rings. The van der Waals surface area contributed by atoms with E-state index >= 15 is 0 Å². The Labute approximate surface area is 90.1 Å². The van der Waals surface area contributed by atoms with Crippen LogP contribution in [0.1, 0.15) is 39.3 Å². The van der Waals surface area contributed by atoms with E-state index in [1.165, 1.54) is 0 Å². The summed E-state index contributed by atoms with van der Waals surface area (Å²) in [6.07, 6.45) is 0. The average Bonchev–Trinajstić information content (AvgIpc) is 2.12. The first kappa shape index (κ1) is 11.8. The maximum Gasteiger partial charge on any atom is 0.223 e. The van der Waals surface area contributed by atoms with E-state index in [1.807, 2.05) is 27.7 Å². The fraction of sp³-hybridized carbons (Fsp3) is 0.700. The van der Waals surface area contributed by atoms with Crippen molar-refractivity contribution in [2.24, 2.45) is 0 Å². The lowest BCUT2D eigenvalue weighted by molar-refractivity contribution is 0.127. The Bertz CT molecular complexity index is 333. The second kappa shape index (κ2) is 4.53. The highest BCUT2D eigenvalue weighted by Gasteiger charge is 2.19. The first-order valence-corrected chi connectivity index (χ1v) is 5.02. The van der Waals surface area contributed by atoms with Crippen LogP contribution in [0.15, 0.2) is 0 Å². The molecule has 1 aromatic heterocycles. The molecule has 0 aliphatic carbocycles. The third kappa shape index (κ3) is 3.43. The van der Waals surface area contributed by atoms with E-state index in [1.54, 1.807) is 0 Å². The van der Waals surface area contributed by atoms with Gasteiger partial charge in [-0.2, -0.15) is 9.97 Å². The van der Waals surface area contributed by atoms with Gasteiger partial charge >= 0.3 is 0 Å². The van der Waals surface area contributed by atoms with Crippen LogP contribution >= 0.6 is 0 Å². The summed E-state index contributed by atoms with van der Waals surface area (Å²) in [4.78, 5) is 12.4. The molecule has 0 unspecified atom stereocenters. The zero-order valence-corrected chi connectivity index (χ0v) is 9.74. The van der Waals surface area contributed by atoms with Crippen molar-refractivity contribution < 1.29 is 4.74 Å². The molecular weight excluding hydrogens is 192 g/mol. The molecule has 0 saturated heterocycles. The topological polar surface area (TPSA) is 73.9 Å². The fourth-order valence-corrected chi connectivity index (χ4v) is 1.03. The highest BCUT2D eigenvalue weighted by atomic mass is 16.5. The molecule has 0 saturated carbocycles. The van der Waals surface area contributed by atoms with Crippen LogP contribution in [0, 0.1) is 0 Å². The summed E-state index contributed by atoms with van der Waals surface area (Å²) in [5, 5.41) is 0. The third-order valence-corrected chi connectivity index (χ3v) is 1.81. The van der Waals surface area contributed by atoms with Crippen LogP contribution < -0.4 is 5.73 Å². The van der Waals surface area contributed by atoms with Gasteiger partial charge < -0.3 is 10.5 Å². The first-order chi connectivity index (χ1) is 6.93. The van der Waals surface area contributed by atoms with Crippen LogP contribution in [0.4, 0.5) is 5.95 Å². The van der Waals surface area contributed by atoms with Crippen molar-refractivity contribution in [2.45, 2.75) is 39.7 Å². The van der Waals surface area contributed by atoms with Crippen molar-refractivity contribution in [3.8, 4) is 0 Å². The molecule has 15 heavy (non-hydrogen) atoms. The Morgan fingerprint density at radius 1 is 1.20 bits per heavy atom. The zero-order valence-electron chi connectivity index (χ0n) is 9.74. The molecule has 1 rings (SSSR count). The van der Waals surface area contributed by atoms with E-state index in [0.29, 0.717) is 24.9 Å². The normalized spacial score (nSPS) is 11.7. The van der Waals surface area contributed by atoms with Crippen molar-refractivity contribution in [2.75, 3.05) is 12.3 Å². The zero-order chi connectivity index (χ0) is 11.5. The van der Waals surface area contributed by atoms with E-state index in [9.17, 15) is 0 Å². The largest absolute Gasteiger partial charge is 0.374 e. The molecule has 0 amide bonds. The minimum Gasteiger partial charge on any atom is -0.374 e. The Kier molecular flexibility index (Phi) is 3.57. The molecule has 0 bridgehead atoms. The summed E-state index contributed by atoms with van der Waals surface area (Å²) >= 11 is 0. The number of hydrogen-bond donors (Lipinski definition) is 1. The van der Waals surface area contributed by atoms with E-state index in [-0.39, 0.29) is 11.4 Å². The van der Waals surface area contributed by atoms with Crippen molar-refractivity contribution in [1.82, 2.24) is 15.0 Å². The number of nitrogen functional groups attached to an aromatic ring is 1. The smallest absolute Gasteiger partial charge is 0.223 e. The molecule has 84 valence electrons. The van der Waals surface area contributed by atoms with Gasteiger partial charge in [-0.05, 0) is 6.92 Å². The summed E-state index contributed by atoms with van der Waals surface area (Å²) in [6.45, 7) is 9.04. The van der Waals surface area contributed by atoms with Crippen LogP contribution in [-0.4, -0.2) is 21.6 Å². The lowest BCUT2D eigenvalue weighted by Crippen LogP contribution is -2.19. The molecule has 2 N–H and O–H groups in total. The molecule has 0 aromatic carbocycles. The highest BCUT2D eigenvalue weighted by Crippen LogP contribution is 2.18. The van der Waals surface area contributed by atoms with Crippen molar-refractivity contribution >= 4 is 5.95 Å².